The highest BCUT2D eigenvalue weighted by Crippen LogP contribution is 2.15. The summed E-state index contributed by atoms with van der Waals surface area (Å²) < 4.78 is 2.75. The van der Waals surface area contributed by atoms with E-state index in [1.807, 2.05) is 17.7 Å². The molecule has 2 aromatic heterocycles. The molecule has 0 saturated heterocycles. The number of benzene rings is 1. The van der Waals surface area contributed by atoms with E-state index < -0.39 is 0 Å². The lowest BCUT2D eigenvalue weighted by Gasteiger charge is -2.04. The molecule has 0 aliphatic heterocycles. The molecule has 0 atom stereocenters. The minimum Gasteiger partial charge on any atom is -0.329 e. The number of nitrogens with zero attached hydrogens (tertiary/aromatic N) is 2. The average Bonchev–Trinajstić information content (AvgIpc) is 2.68. The van der Waals surface area contributed by atoms with Gasteiger partial charge < -0.3 is 4.98 Å². The molecule has 4 heteroatoms. The molecule has 19 heavy (non-hydrogen) atoms. The lowest BCUT2D eigenvalue weighted by molar-refractivity contribution is 0.800. The lowest BCUT2D eigenvalue weighted by atomic mass is 10.1. The van der Waals surface area contributed by atoms with Crippen LogP contribution in [0.2, 0.25) is 0 Å². The van der Waals surface area contributed by atoms with Gasteiger partial charge in [0.1, 0.15) is 0 Å². The maximum absolute atomic E-state index is 5.39. The quantitative estimate of drug-likeness (QED) is 0.719. The van der Waals surface area contributed by atoms with Gasteiger partial charge in [0.15, 0.2) is 10.4 Å². The standard InChI is InChI=1S/C15H15N3S/c1-10-3-5-12(6-4-10)9-18-14-13(17-15(18)19)7-11(2)8-16-14/h3-8H,9H2,1-2H3,(H,17,19). The summed E-state index contributed by atoms with van der Waals surface area (Å²) >= 11 is 5.39. The van der Waals surface area contributed by atoms with E-state index in [0.29, 0.717) is 4.77 Å². The summed E-state index contributed by atoms with van der Waals surface area (Å²) in [5, 5.41) is 0. The van der Waals surface area contributed by atoms with Crippen LogP contribution in [-0.4, -0.2) is 14.5 Å². The molecular weight excluding hydrogens is 254 g/mol. The van der Waals surface area contributed by atoms with Crippen molar-refractivity contribution in [1.82, 2.24) is 14.5 Å². The average molecular weight is 269 g/mol. The van der Waals surface area contributed by atoms with Crippen molar-refractivity contribution in [2.24, 2.45) is 0 Å². The van der Waals surface area contributed by atoms with E-state index in [4.69, 9.17) is 12.2 Å². The van der Waals surface area contributed by atoms with Crippen LogP contribution < -0.4 is 0 Å². The van der Waals surface area contributed by atoms with Gasteiger partial charge in [-0.3, -0.25) is 4.57 Å². The Balaban J connectivity index is 2.07. The molecule has 96 valence electrons. The molecule has 0 unspecified atom stereocenters. The smallest absolute Gasteiger partial charge is 0.179 e. The van der Waals surface area contributed by atoms with Crippen molar-refractivity contribution < 1.29 is 0 Å². The zero-order chi connectivity index (χ0) is 13.4. The van der Waals surface area contributed by atoms with Gasteiger partial charge in [-0.05, 0) is 43.3 Å². The first-order chi connectivity index (χ1) is 9.13. The third-order valence-corrected chi connectivity index (χ3v) is 3.53. The van der Waals surface area contributed by atoms with Crippen molar-refractivity contribution in [3.05, 3.63) is 58.0 Å². The Morgan fingerprint density at radius 2 is 1.89 bits per heavy atom. The van der Waals surface area contributed by atoms with Crippen LogP contribution in [-0.2, 0) is 6.54 Å². The van der Waals surface area contributed by atoms with E-state index in [1.54, 1.807) is 0 Å². The highest BCUT2D eigenvalue weighted by Gasteiger charge is 2.06. The fourth-order valence-corrected chi connectivity index (χ4v) is 2.43. The van der Waals surface area contributed by atoms with Crippen molar-refractivity contribution in [1.29, 1.82) is 0 Å². The number of fused-ring (bicyclic) bond motifs is 1. The van der Waals surface area contributed by atoms with Gasteiger partial charge in [-0.2, -0.15) is 0 Å². The molecule has 0 aliphatic rings. The minimum atomic E-state index is 0.716. The lowest BCUT2D eigenvalue weighted by Crippen LogP contribution is -2.00. The second-order valence-corrected chi connectivity index (χ2v) is 5.27. The Hall–Kier alpha value is -1.94. The van der Waals surface area contributed by atoms with Crippen molar-refractivity contribution in [3.8, 4) is 0 Å². The van der Waals surface area contributed by atoms with E-state index in [0.717, 1.165) is 23.3 Å². The van der Waals surface area contributed by atoms with Gasteiger partial charge in [-0.1, -0.05) is 29.8 Å². The topological polar surface area (TPSA) is 33.6 Å². The van der Waals surface area contributed by atoms with Crippen molar-refractivity contribution >= 4 is 23.4 Å². The van der Waals surface area contributed by atoms with Gasteiger partial charge in [0.25, 0.3) is 0 Å². The van der Waals surface area contributed by atoms with Crippen molar-refractivity contribution in [2.75, 3.05) is 0 Å². The number of imidazole rings is 1. The van der Waals surface area contributed by atoms with Crippen LogP contribution in [0.1, 0.15) is 16.7 Å². The second kappa shape index (κ2) is 4.63. The van der Waals surface area contributed by atoms with Crippen LogP contribution in [0.25, 0.3) is 11.2 Å². The first kappa shape index (κ1) is 12.1. The molecule has 3 nitrogen and oxygen atoms in total. The van der Waals surface area contributed by atoms with Crippen LogP contribution >= 0.6 is 12.2 Å². The van der Waals surface area contributed by atoms with Crippen LogP contribution in [0.3, 0.4) is 0 Å². The molecule has 0 radical (unpaired) electrons. The first-order valence-corrected chi connectivity index (χ1v) is 6.65. The summed E-state index contributed by atoms with van der Waals surface area (Å²) in [5.41, 5.74) is 5.53. The zero-order valence-electron chi connectivity index (χ0n) is 11.0. The highest BCUT2D eigenvalue weighted by atomic mass is 32.1. The summed E-state index contributed by atoms with van der Waals surface area (Å²) in [6.07, 6.45) is 1.87. The fourth-order valence-electron chi connectivity index (χ4n) is 2.17. The number of pyridine rings is 1. The largest absolute Gasteiger partial charge is 0.329 e. The minimum absolute atomic E-state index is 0.716. The van der Waals surface area contributed by atoms with Crippen LogP contribution in [0.5, 0.6) is 0 Å². The maximum Gasteiger partial charge on any atom is 0.179 e. The molecule has 0 fully saturated rings. The molecule has 0 amide bonds. The van der Waals surface area contributed by atoms with Gasteiger partial charge in [0.05, 0.1) is 12.1 Å². The zero-order valence-corrected chi connectivity index (χ0v) is 11.8. The van der Waals surface area contributed by atoms with Crippen LogP contribution in [0.4, 0.5) is 0 Å². The summed E-state index contributed by atoms with van der Waals surface area (Å²) in [6, 6.07) is 10.6. The van der Waals surface area contributed by atoms with Gasteiger partial charge in [0, 0.05) is 6.20 Å². The van der Waals surface area contributed by atoms with Gasteiger partial charge in [0.2, 0.25) is 0 Å². The van der Waals surface area contributed by atoms with Crippen molar-refractivity contribution in [3.63, 3.8) is 0 Å². The van der Waals surface area contributed by atoms with E-state index >= 15 is 0 Å². The molecule has 2 heterocycles. The number of aromatic nitrogens is 3. The Morgan fingerprint density at radius 3 is 2.63 bits per heavy atom. The summed E-state index contributed by atoms with van der Waals surface area (Å²) in [6.45, 7) is 4.86. The number of rotatable bonds is 2. The number of nitrogens with one attached hydrogen (secondary N) is 1. The highest BCUT2D eigenvalue weighted by molar-refractivity contribution is 7.71. The van der Waals surface area contributed by atoms with Crippen LogP contribution in [0, 0.1) is 18.6 Å². The molecule has 0 spiro atoms. The van der Waals surface area contributed by atoms with E-state index in [2.05, 4.69) is 47.2 Å². The summed E-state index contributed by atoms with van der Waals surface area (Å²) in [5.74, 6) is 0. The summed E-state index contributed by atoms with van der Waals surface area (Å²) in [4.78, 5) is 7.70. The molecule has 0 saturated carbocycles. The second-order valence-electron chi connectivity index (χ2n) is 4.89. The van der Waals surface area contributed by atoms with Crippen molar-refractivity contribution in [2.45, 2.75) is 20.4 Å². The van der Waals surface area contributed by atoms with E-state index in [1.165, 1.54) is 11.1 Å². The Kier molecular flexibility index (Phi) is 2.95. The molecule has 3 aromatic rings. The molecule has 1 aromatic carbocycles. The monoisotopic (exact) mass is 269 g/mol. The first-order valence-electron chi connectivity index (χ1n) is 6.24. The third kappa shape index (κ3) is 2.31. The maximum atomic E-state index is 5.39. The van der Waals surface area contributed by atoms with Gasteiger partial charge in [-0.25, -0.2) is 4.98 Å². The molecular formula is C15H15N3S. The fraction of sp³-hybridized carbons (Fsp3) is 0.200. The van der Waals surface area contributed by atoms with Gasteiger partial charge >= 0.3 is 0 Å². The van der Waals surface area contributed by atoms with Crippen LogP contribution in [0.15, 0.2) is 36.5 Å². The number of aromatic amines is 1. The Labute approximate surface area is 116 Å². The molecule has 0 bridgehead atoms. The predicted octanol–water partition coefficient (Wildman–Crippen LogP) is 3.76. The molecule has 0 aliphatic carbocycles. The number of H-pyrrole nitrogens is 1. The number of hydrogen-bond acceptors (Lipinski definition) is 2. The number of hydrogen-bond donors (Lipinski definition) is 1. The third-order valence-electron chi connectivity index (χ3n) is 3.21. The Morgan fingerprint density at radius 1 is 1.16 bits per heavy atom. The predicted molar refractivity (Wildman–Crippen MR) is 79.9 cm³/mol. The normalized spacial score (nSPS) is 11.1. The van der Waals surface area contributed by atoms with E-state index in [9.17, 15) is 0 Å². The van der Waals surface area contributed by atoms with E-state index in [-0.39, 0.29) is 0 Å². The molecule has 1 N–H and O–H groups in total. The SMILES string of the molecule is Cc1ccc(Cn2c(=S)[nH]c3cc(C)cnc32)cc1. The number of aryl methyl sites for hydroxylation is 2. The Bertz CT molecular complexity index is 781. The van der Waals surface area contributed by atoms with Gasteiger partial charge in [-0.15, -0.1) is 0 Å². The summed E-state index contributed by atoms with van der Waals surface area (Å²) in [7, 11) is 0. The molecule has 3 rings (SSSR count).